The van der Waals surface area contributed by atoms with Gasteiger partial charge in [0.15, 0.2) is 0 Å². The summed E-state index contributed by atoms with van der Waals surface area (Å²) in [7, 11) is 0. The maximum atomic E-state index is 11.9. The highest BCUT2D eigenvalue weighted by Crippen LogP contribution is 2.33. The zero-order chi connectivity index (χ0) is 13.4. The minimum absolute atomic E-state index is 0.0429. The Labute approximate surface area is 119 Å². The number of aryl methyl sites for hydroxylation is 1. The molecule has 0 bridgehead atoms. The molecular weight excluding hydrogens is 306 g/mol. The van der Waals surface area contributed by atoms with Gasteiger partial charge in [0.25, 0.3) is 5.56 Å². The topological polar surface area (TPSA) is 46.9 Å². The highest BCUT2D eigenvalue weighted by atomic mass is 79.9. The van der Waals surface area contributed by atoms with Crippen LogP contribution in [0, 0.1) is 6.92 Å². The lowest BCUT2D eigenvalue weighted by Crippen LogP contribution is -2.17. The summed E-state index contributed by atoms with van der Waals surface area (Å²) in [6, 6.07) is 5.89. The standard InChI is InChI=1S/C14H14BrN3O/c1-9-6-13(16-8-12(9)15)17-10-4-5-18(11-2-3-11)14(19)7-10/h4-8,11H,2-3H2,1H3,(H,16,17). The fourth-order valence-electron chi connectivity index (χ4n) is 1.98. The third-order valence-corrected chi connectivity index (χ3v) is 4.04. The first-order chi connectivity index (χ1) is 9.13. The number of hydrogen-bond acceptors (Lipinski definition) is 3. The maximum absolute atomic E-state index is 11.9. The third kappa shape index (κ3) is 2.71. The van der Waals surface area contributed by atoms with Gasteiger partial charge in [0.1, 0.15) is 5.82 Å². The van der Waals surface area contributed by atoms with Gasteiger partial charge in [-0.1, -0.05) is 0 Å². The van der Waals surface area contributed by atoms with Crippen LogP contribution >= 0.6 is 15.9 Å². The van der Waals surface area contributed by atoms with E-state index < -0.39 is 0 Å². The molecule has 0 spiro atoms. The molecule has 5 heteroatoms. The van der Waals surface area contributed by atoms with Crippen LogP contribution in [0.4, 0.5) is 11.5 Å². The molecule has 98 valence electrons. The summed E-state index contributed by atoms with van der Waals surface area (Å²) in [5, 5.41) is 3.15. The van der Waals surface area contributed by atoms with E-state index in [4.69, 9.17) is 0 Å². The molecule has 2 aromatic rings. The average molecular weight is 320 g/mol. The first-order valence-electron chi connectivity index (χ1n) is 6.25. The zero-order valence-electron chi connectivity index (χ0n) is 10.6. The van der Waals surface area contributed by atoms with Crippen molar-refractivity contribution in [1.29, 1.82) is 0 Å². The molecule has 0 saturated heterocycles. The number of nitrogens with one attached hydrogen (secondary N) is 1. The summed E-state index contributed by atoms with van der Waals surface area (Å²) in [5.41, 5.74) is 1.92. The van der Waals surface area contributed by atoms with E-state index in [1.807, 2.05) is 25.3 Å². The van der Waals surface area contributed by atoms with E-state index in [2.05, 4.69) is 26.2 Å². The molecule has 2 aromatic heterocycles. The molecule has 1 N–H and O–H groups in total. The van der Waals surface area contributed by atoms with Crippen LogP contribution in [-0.4, -0.2) is 9.55 Å². The Hall–Kier alpha value is -1.62. The predicted octanol–water partition coefficient (Wildman–Crippen LogP) is 3.39. The van der Waals surface area contributed by atoms with Crippen molar-refractivity contribution in [1.82, 2.24) is 9.55 Å². The van der Waals surface area contributed by atoms with Gasteiger partial charge in [-0.2, -0.15) is 0 Å². The molecule has 2 heterocycles. The van der Waals surface area contributed by atoms with Crippen LogP contribution in [0.1, 0.15) is 24.4 Å². The molecule has 1 aliphatic rings. The number of halogens is 1. The maximum Gasteiger partial charge on any atom is 0.252 e. The number of aromatic nitrogens is 2. The lowest BCUT2D eigenvalue weighted by molar-refractivity contribution is 0.708. The molecule has 4 nitrogen and oxygen atoms in total. The van der Waals surface area contributed by atoms with Gasteiger partial charge < -0.3 is 9.88 Å². The van der Waals surface area contributed by atoms with Crippen molar-refractivity contribution in [2.45, 2.75) is 25.8 Å². The van der Waals surface area contributed by atoms with Crippen molar-refractivity contribution in [3.63, 3.8) is 0 Å². The average Bonchev–Trinajstić information content (AvgIpc) is 3.18. The molecule has 0 radical (unpaired) electrons. The highest BCUT2D eigenvalue weighted by molar-refractivity contribution is 9.10. The second-order valence-electron chi connectivity index (χ2n) is 4.84. The quantitative estimate of drug-likeness (QED) is 0.943. The van der Waals surface area contributed by atoms with E-state index in [0.717, 1.165) is 34.4 Å². The molecule has 0 atom stereocenters. The Kier molecular flexibility index (Phi) is 3.14. The summed E-state index contributed by atoms with van der Waals surface area (Å²) >= 11 is 3.42. The van der Waals surface area contributed by atoms with Gasteiger partial charge in [-0.3, -0.25) is 4.79 Å². The highest BCUT2D eigenvalue weighted by Gasteiger charge is 2.23. The lowest BCUT2D eigenvalue weighted by Gasteiger charge is -2.08. The van der Waals surface area contributed by atoms with Gasteiger partial charge in [0, 0.05) is 34.7 Å². The molecule has 1 saturated carbocycles. The van der Waals surface area contributed by atoms with Crippen LogP contribution in [-0.2, 0) is 0 Å². The SMILES string of the molecule is Cc1cc(Nc2ccn(C3CC3)c(=O)c2)ncc1Br. The van der Waals surface area contributed by atoms with E-state index in [9.17, 15) is 4.79 Å². The van der Waals surface area contributed by atoms with E-state index in [0.29, 0.717) is 6.04 Å². The molecule has 0 aliphatic heterocycles. The van der Waals surface area contributed by atoms with Crippen LogP contribution < -0.4 is 10.9 Å². The fourth-order valence-corrected chi connectivity index (χ4v) is 2.19. The summed E-state index contributed by atoms with van der Waals surface area (Å²) < 4.78 is 2.77. The Morgan fingerprint density at radius 2 is 2.21 bits per heavy atom. The first-order valence-corrected chi connectivity index (χ1v) is 7.04. The predicted molar refractivity (Wildman–Crippen MR) is 78.9 cm³/mol. The van der Waals surface area contributed by atoms with Crippen molar-refractivity contribution >= 4 is 27.4 Å². The second-order valence-corrected chi connectivity index (χ2v) is 5.69. The molecule has 1 fully saturated rings. The molecule has 0 aromatic carbocycles. The first kappa shape index (κ1) is 12.4. The van der Waals surface area contributed by atoms with Crippen molar-refractivity contribution < 1.29 is 0 Å². The summed E-state index contributed by atoms with van der Waals surface area (Å²) in [6.45, 7) is 2.00. The lowest BCUT2D eigenvalue weighted by atomic mass is 10.3. The minimum atomic E-state index is 0.0429. The van der Waals surface area contributed by atoms with Crippen molar-refractivity contribution in [2.75, 3.05) is 5.32 Å². The van der Waals surface area contributed by atoms with E-state index in [1.165, 1.54) is 0 Å². The Balaban J connectivity index is 1.84. The van der Waals surface area contributed by atoms with Gasteiger partial charge in [-0.25, -0.2) is 4.98 Å². The summed E-state index contributed by atoms with van der Waals surface area (Å²) in [6.07, 6.45) is 5.83. The Morgan fingerprint density at radius 1 is 1.42 bits per heavy atom. The van der Waals surface area contributed by atoms with Gasteiger partial charge in [-0.15, -0.1) is 0 Å². The van der Waals surface area contributed by atoms with E-state index >= 15 is 0 Å². The summed E-state index contributed by atoms with van der Waals surface area (Å²) in [4.78, 5) is 16.2. The van der Waals surface area contributed by atoms with Crippen LogP contribution in [0.3, 0.4) is 0 Å². The molecule has 1 aliphatic carbocycles. The van der Waals surface area contributed by atoms with Crippen LogP contribution in [0.15, 0.2) is 39.9 Å². The van der Waals surface area contributed by atoms with Gasteiger partial charge in [0.05, 0.1) is 0 Å². The largest absolute Gasteiger partial charge is 0.340 e. The van der Waals surface area contributed by atoms with Crippen molar-refractivity contribution in [3.05, 3.63) is 51.0 Å². The van der Waals surface area contributed by atoms with E-state index in [-0.39, 0.29) is 5.56 Å². The van der Waals surface area contributed by atoms with Gasteiger partial charge >= 0.3 is 0 Å². The number of hydrogen-bond donors (Lipinski definition) is 1. The third-order valence-electron chi connectivity index (χ3n) is 3.21. The molecule has 3 rings (SSSR count). The number of rotatable bonds is 3. The van der Waals surface area contributed by atoms with Crippen molar-refractivity contribution in [3.8, 4) is 0 Å². The monoisotopic (exact) mass is 319 g/mol. The smallest absolute Gasteiger partial charge is 0.252 e. The molecule has 0 amide bonds. The number of anilines is 2. The Morgan fingerprint density at radius 3 is 2.84 bits per heavy atom. The van der Waals surface area contributed by atoms with Gasteiger partial charge in [-0.05, 0) is 53.4 Å². The van der Waals surface area contributed by atoms with Crippen LogP contribution in [0.5, 0.6) is 0 Å². The minimum Gasteiger partial charge on any atom is -0.340 e. The van der Waals surface area contributed by atoms with Gasteiger partial charge in [0.2, 0.25) is 0 Å². The molecule has 19 heavy (non-hydrogen) atoms. The zero-order valence-corrected chi connectivity index (χ0v) is 12.1. The van der Waals surface area contributed by atoms with Crippen LogP contribution in [0.2, 0.25) is 0 Å². The van der Waals surface area contributed by atoms with Crippen LogP contribution in [0.25, 0.3) is 0 Å². The normalized spacial score (nSPS) is 14.4. The Bertz CT molecular complexity index is 677. The number of pyridine rings is 2. The fraction of sp³-hybridized carbons (Fsp3) is 0.286. The molecule has 0 unspecified atom stereocenters. The summed E-state index contributed by atoms with van der Waals surface area (Å²) in [5.74, 6) is 0.740. The van der Waals surface area contributed by atoms with E-state index in [1.54, 1.807) is 16.8 Å². The number of nitrogens with zero attached hydrogens (tertiary/aromatic N) is 2. The van der Waals surface area contributed by atoms with Crippen molar-refractivity contribution in [2.24, 2.45) is 0 Å². The second kappa shape index (κ2) is 4.81. The molecular formula is C14H14BrN3O.